The van der Waals surface area contributed by atoms with E-state index in [0.717, 1.165) is 25.9 Å². The number of hydrogen-bond acceptors (Lipinski definition) is 3. The fourth-order valence-electron chi connectivity index (χ4n) is 2.77. The summed E-state index contributed by atoms with van der Waals surface area (Å²) in [6.07, 6.45) is 2.18. The number of carbonyl (C=O) groups is 1. The van der Waals surface area contributed by atoms with Gasteiger partial charge in [-0.25, -0.2) is 0 Å². The maximum Gasteiger partial charge on any atom is 0.234 e. The molecule has 1 aromatic rings. The number of nitrogens with one attached hydrogen (secondary N) is 3. The van der Waals surface area contributed by atoms with Crippen LogP contribution in [-0.2, 0) is 4.79 Å². The zero-order valence-corrected chi connectivity index (χ0v) is 11.1. The van der Waals surface area contributed by atoms with Gasteiger partial charge in [0.15, 0.2) is 0 Å². The lowest BCUT2D eigenvalue weighted by molar-refractivity contribution is -0.120. The topological polar surface area (TPSA) is 53.2 Å². The SMILES string of the molecule is O=C(CNC1CC1c1ccccc1)N[C@@H]1CCNC1. The summed E-state index contributed by atoms with van der Waals surface area (Å²) in [7, 11) is 0. The number of hydrogen-bond donors (Lipinski definition) is 3. The van der Waals surface area contributed by atoms with Crippen molar-refractivity contribution < 1.29 is 4.79 Å². The predicted octanol–water partition coefficient (Wildman–Crippen LogP) is 0.610. The highest BCUT2D eigenvalue weighted by molar-refractivity contribution is 5.78. The molecule has 1 saturated heterocycles. The number of rotatable bonds is 5. The van der Waals surface area contributed by atoms with Gasteiger partial charge >= 0.3 is 0 Å². The quantitative estimate of drug-likeness (QED) is 0.726. The molecule has 0 bridgehead atoms. The summed E-state index contributed by atoms with van der Waals surface area (Å²) in [5, 5.41) is 9.65. The molecule has 4 nitrogen and oxygen atoms in total. The zero-order valence-electron chi connectivity index (χ0n) is 11.1. The molecule has 1 aliphatic carbocycles. The Hall–Kier alpha value is -1.39. The fourth-order valence-corrected chi connectivity index (χ4v) is 2.77. The van der Waals surface area contributed by atoms with Crippen LogP contribution in [0.3, 0.4) is 0 Å². The summed E-state index contributed by atoms with van der Waals surface area (Å²) in [5.41, 5.74) is 1.38. The Kier molecular flexibility index (Phi) is 3.80. The van der Waals surface area contributed by atoms with Crippen LogP contribution in [0.5, 0.6) is 0 Å². The first-order chi connectivity index (χ1) is 9.33. The first kappa shape index (κ1) is 12.6. The minimum absolute atomic E-state index is 0.118. The molecule has 1 amide bonds. The first-order valence-electron chi connectivity index (χ1n) is 7.11. The third-order valence-corrected chi connectivity index (χ3v) is 3.97. The molecule has 1 aliphatic heterocycles. The van der Waals surface area contributed by atoms with Gasteiger partial charge in [0.25, 0.3) is 0 Å². The van der Waals surface area contributed by atoms with Gasteiger partial charge in [0, 0.05) is 24.5 Å². The van der Waals surface area contributed by atoms with Gasteiger partial charge in [-0.2, -0.15) is 0 Å². The summed E-state index contributed by atoms with van der Waals surface area (Å²) in [4.78, 5) is 11.8. The highest BCUT2D eigenvalue weighted by atomic mass is 16.2. The van der Waals surface area contributed by atoms with Crippen molar-refractivity contribution in [2.24, 2.45) is 0 Å². The second kappa shape index (κ2) is 5.72. The van der Waals surface area contributed by atoms with Gasteiger partial charge in [-0.05, 0) is 24.9 Å². The maximum atomic E-state index is 11.8. The molecule has 3 N–H and O–H groups in total. The van der Waals surface area contributed by atoms with E-state index in [-0.39, 0.29) is 5.91 Å². The average Bonchev–Trinajstić information content (AvgIpc) is 3.05. The second-order valence-corrected chi connectivity index (χ2v) is 5.50. The van der Waals surface area contributed by atoms with Crippen molar-refractivity contribution in [1.29, 1.82) is 0 Å². The molecule has 0 spiro atoms. The van der Waals surface area contributed by atoms with Crippen LogP contribution in [-0.4, -0.2) is 37.6 Å². The van der Waals surface area contributed by atoms with Gasteiger partial charge in [-0.3, -0.25) is 4.79 Å². The van der Waals surface area contributed by atoms with Gasteiger partial charge in [-0.15, -0.1) is 0 Å². The summed E-state index contributed by atoms with van der Waals surface area (Å²) in [6.45, 7) is 2.35. The molecule has 3 atom stereocenters. The van der Waals surface area contributed by atoms with Gasteiger partial charge < -0.3 is 16.0 Å². The largest absolute Gasteiger partial charge is 0.351 e. The van der Waals surface area contributed by atoms with Crippen LogP contribution in [0.4, 0.5) is 0 Å². The summed E-state index contributed by atoms with van der Waals surface area (Å²) < 4.78 is 0. The lowest BCUT2D eigenvalue weighted by Gasteiger charge is -2.11. The van der Waals surface area contributed by atoms with Crippen molar-refractivity contribution in [3.8, 4) is 0 Å². The number of benzene rings is 1. The van der Waals surface area contributed by atoms with Gasteiger partial charge in [0.2, 0.25) is 5.91 Å². The van der Waals surface area contributed by atoms with Crippen LogP contribution in [0.15, 0.2) is 30.3 Å². The van der Waals surface area contributed by atoms with E-state index in [2.05, 4.69) is 40.2 Å². The Bertz CT molecular complexity index is 428. The minimum atomic E-state index is 0.118. The van der Waals surface area contributed by atoms with Crippen LogP contribution in [0, 0.1) is 0 Å². The lowest BCUT2D eigenvalue weighted by atomic mass is 10.1. The van der Waals surface area contributed by atoms with Crippen LogP contribution in [0.2, 0.25) is 0 Å². The number of amides is 1. The Labute approximate surface area is 114 Å². The van der Waals surface area contributed by atoms with E-state index in [1.807, 2.05) is 6.07 Å². The lowest BCUT2D eigenvalue weighted by Crippen LogP contribution is -2.42. The predicted molar refractivity (Wildman–Crippen MR) is 75.0 cm³/mol. The number of carbonyl (C=O) groups excluding carboxylic acids is 1. The zero-order chi connectivity index (χ0) is 13.1. The van der Waals surface area contributed by atoms with E-state index in [4.69, 9.17) is 0 Å². The van der Waals surface area contributed by atoms with E-state index < -0.39 is 0 Å². The van der Waals surface area contributed by atoms with Crippen LogP contribution in [0.25, 0.3) is 0 Å². The third-order valence-electron chi connectivity index (χ3n) is 3.97. The molecule has 19 heavy (non-hydrogen) atoms. The van der Waals surface area contributed by atoms with E-state index >= 15 is 0 Å². The van der Waals surface area contributed by atoms with E-state index in [0.29, 0.717) is 24.5 Å². The van der Waals surface area contributed by atoms with Crippen molar-refractivity contribution in [2.45, 2.75) is 30.8 Å². The molecule has 1 saturated carbocycles. The molecular formula is C15H21N3O. The first-order valence-corrected chi connectivity index (χ1v) is 7.11. The van der Waals surface area contributed by atoms with Crippen molar-refractivity contribution in [3.05, 3.63) is 35.9 Å². The second-order valence-electron chi connectivity index (χ2n) is 5.50. The molecule has 3 rings (SSSR count). The highest BCUT2D eigenvalue weighted by Gasteiger charge is 2.37. The van der Waals surface area contributed by atoms with Crippen molar-refractivity contribution in [1.82, 2.24) is 16.0 Å². The molecule has 2 unspecified atom stereocenters. The Morgan fingerprint density at radius 2 is 2.16 bits per heavy atom. The molecule has 0 aromatic heterocycles. The monoisotopic (exact) mass is 259 g/mol. The van der Waals surface area contributed by atoms with Gasteiger partial charge in [0.05, 0.1) is 6.54 Å². The van der Waals surface area contributed by atoms with Crippen LogP contribution in [0.1, 0.15) is 24.3 Å². The molecule has 2 fully saturated rings. The fraction of sp³-hybridized carbons (Fsp3) is 0.533. The molecule has 1 aromatic carbocycles. The molecule has 1 heterocycles. The molecule has 2 aliphatic rings. The standard InChI is InChI=1S/C15H21N3O/c19-15(18-12-6-7-16-9-12)10-17-14-8-13(14)11-4-2-1-3-5-11/h1-5,12-14,16-17H,6-10H2,(H,18,19)/t12-,13?,14?/m1/s1. The normalized spacial score (nSPS) is 29.2. The van der Waals surface area contributed by atoms with Crippen molar-refractivity contribution in [3.63, 3.8) is 0 Å². The van der Waals surface area contributed by atoms with Crippen molar-refractivity contribution in [2.75, 3.05) is 19.6 Å². The van der Waals surface area contributed by atoms with Gasteiger partial charge in [0.1, 0.15) is 0 Å². The van der Waals surface area contributed by atoms with E-state index in [1.165, 1.54) is 5.56 Å². The molecular weight excluding hydrogens is 238 g/mol. The van der Waals surface area contributed by atoms with Gasteiger partial charge in [-0.1, -0.05) is 30.3 Å². The smallest absolute Gasteiger partial charge is 0.234 e. The molecule has 4 heteroatoms. The van der Waals surface area contributed by atoms with Crippen LogP contribution < -0.4 is 16.0 Å². The van der Waals surface area contributed by atoms with Crippen LogP contribution >= 0.6 is 0 Å². The molecule has 102 valence electrons. The maximum absolute atomic E-state index is 11.8. The van der Waals surface area contributed by atoms with E-state index in [9.17, 15) is 4.79 Å². The highest BCUT2D eigenvalue weighted by Crippen LogP contribution is 2.40. The average molecular weight is 259 g/mol. The summed E-state index contributed by atoms with van der Waals surface area (Å²) in [5.74, 6) is 0.703. The third kappa shape index (κ3) is 3.33. The Balaban J connectivity index is 1.38. The summed E-state index contributed by atoms with van der Waals surface area (Å²) >= 11 is 0. The Morgan fingerprint density at radius 3 is 2.89 bits per heavy atom. The Morgan fingerprint density at radius 1 is 1.32 bits per heavy atom. The summed E-state index contributed by atoms with van der Waals surface area (Å²) in [6, 6.07) is 11.3. The minimum Gasteiger partial charge on any atom is -0.351 e. The van der Waals surface area contributed by atoms with E-state index in [1.54, 1.807) is 0 Å². The van der Waals surface area contributed by atoms with Crippen molar-refractivity contribution >= 4 is 5.91 Å². The molecule has 0 radical (unpaired) electrons.